The van der Waals surface area contributed by atoms with Crippen LogP contribution < -0.4 is 0 Å². The fraction of sp³-hybridized carbons (Fsp3) is 0.389. The highest BCUT2D eigenvalue weighted by molar-refractivity contribution is 7.91. The maximum absolute atomic E-state index is 13.6. The van der Waals surface area contributed by atoms with E-state index in [1.54, 1.807) is 6.92 Å². The van der Waals surface area contributed by atoms with Gasteiger partial charge in [0, 0.05) is 31.9 Å². The van der Waals surface area contributed by atoms with Crippen LogP contribution in [0.5, 0.6) is 0 Å². The summed E-state index contributed by atoms with van der Waals surface area (Å²) in [5, 5.41) is 0. The Kier molecular flexibility index (Phi) is 5.34. The minimum absolute atomic E-state index is 0.0343. The van der Waals surface area contributed by atoms with Gasteiger partial charge in [-0.2, -0.15) is 13.2 Å². The summed E-state index contributed by atoms with van der Waals surface area (Å²) >= 11 is 0. The van der Waals surface area contributed by atoms with Crippen molar-refractivity contribution in [1.29, 1.82) is 0 Å². The number of aromatic nitrogens is 4. The Morgan fingerprint density at radius 2 is 1.67 bits per heavy atom. The molecule has 0 aliphatic rings. The van der Waals surface area contributed by atoms with Gasteiger partial charge in [-0.15, -0.1) is 0 Å². The molecule has 162 valence electrons. The van der Waals surface area contributed by atoms with Crippen LogP contribution in [0.1, 0.15) is 31.4 Å². The molecule has 0 radical (unpaired) electrons. The van der Waals surface area contributed by atoms with Crippen molar-refractivity contribution in [3.8, 4) is 11.5 Å². The fourth-order valence-corrected chi connectivity index (χ4v) is 4.41. The first-order valence-electron chi connectivity index (χ1n) is 8.77. The van der Waals surface area contributed by atoms with Crippen LogP contribution in [0, 0.1) is 0 Å². The first-order valence-corrected chi connectivity index (χ1v) is 10.4. The van der Waals surface area contributed by atoms with Gasteiger partial charge in [-0.3, -0.25) is 4.98 Å². The lowest BCUT2D eigenvalue weighted by Gasteiger charge is -2.13. The summed E-state index contributed by atoms with van der Waals surface area (Å²) in [5.74, 6) is -3.67. The van der Waals surface area contributed by atoms with Gasteiger partial charge in [-0.1, -0.05) is 6.92 Å². The molecule has 6 nitrogen and oxygen atoms in total. The Balaban J connectivity index is 2.29. The van der Waals surface area contributed by atoms with Crippen LogP contribution in [0.2, 0.25) is 0 Å². The number of pyridine rings is 2. The zero-order chi connectivity index (χ0) is 22.5. The third-order valence-electron chi connectivity index (χ3n) is 4.42. The third-order valence-corrected chi connectivity index (χ3v) is 6.34. The smallest absolute Gasteiger partial charge is 0.310 e. The normalized spacial score (nSPS) is 13.2. The lowest BCUT2D eigenvalue weighted by atomic mass is 10.2. The van der Waals surface area contributed by atoms with E-state index in [1.807, 2.05) is 0 Å². The van der Waals surface area contributed by atoms with Crippen LogP contribution in [0.3, 0.4) is 0 Å². The number of rotatable bonds is 5. The van der Waals surface area contributed by atoms with E-state index in [1.165, 1.54) is 11.6 Å². The van der Waals surface area contributed by atoms with E-state index in [0.717, 1.165) is 12.3 Å². The number of imidazole rings is 1. The van der Waals surface area contributed by atoms with Gasteiger partial charge in [-0.25, -0.2) is 27.2 Å². The monoisotopic (exact) mass is 448 g/mol. The Labute approximate surface area is 168 Å². The molecule has 0 spiro atoms. The lowest BCUT2D eigenvalue weighted by molar-refractivity contribution is -0.138. The molecule has 3 rings (SSSR count). The van der Waals surface area contributed by atoms with E-state index in [9.17, 15) is 30.4 Å². The molecule has 0 aliphatic carbocycles. The number of nitrogens with zero attached hydrogens (tertiary/aromatic N) is 4. The molecule has 0 unspecified atom stereocenters. The van der Waals surface area contributed by atoms with Gasteiger partial charge in [-0.05, 0) is 18.6 Å². The summed E-state index contributed by atoms with van der Waals surface area (Å²) in [6, 6.07) is 1.61. The average Bonchev–Trinajstić information content (AvgIpc) is 2.96. The third kappa shape index (κ3) is 4.00. The standard InChI is InChI=1S/C18H17F5N4O2S/c1-4-5-30(28,29)13-7-11(18(21,22)23)9-24-14(13)16-26-12-6-10(17(2,19)20)8-25-15(12)27(16)3/h6-9H,4-5H2,1-3H3. The predicted octanol–water partition coefficient (Wildman–Crippen LogP) is 4.34. The van der Waals surface area contributed by atoms with Crippen LogP contribution in [0.25, 0.3) is 22.7 Å². The van der Waals surface area contributed by atoms with Crippen molar-refractivity contribution in [2.45, 2.75) is 37.3 Å². The molecule has 0 fully saturated rings. The molecule has 12 heteroatoms. The Hall–Kier alpha value is -2.63. The van der Waals surface area contributed by atoms with E-state index >= 15 is 0 Å². The maximum Gasteiger partial charge on any atom is 0.417 e. The quantitative estimate of drug-likeness (QED) is 0.543. The van der Waals surface area contributed by atoms with Crippen LogP contribution in [0.4, 0.5) is 22.0 Å². The maximum atomic E-state index is 13.6. The Bertz CT molecular complexity index is 1210. The first-order chi connectivity index (χ1) is 13.8. The molecule has 0 saturated heterocycles. The molecular formula is C18H17F5N4O2S. The van der Waals surface area contributed by atoms with Crippen molar-refractivity contribution in [3.63, 3.8) is 0 Å². The van der Waals surface area contributed by atoms with E-state index in [2.05, 4.69) is 15.0 Å². The van der Waals surface area contributed by atoms with Crippen molar-refractivity contribution in [2.75, 3.05) is 5.75 Å². The fourth-order valence-electron chi connectivity index (χ4n) is 2.91. The summed E-state index contributed by atoms with van der Waals surface area (Å²) in [6.45, 7) is 2.26. The van der Waals surface area contributed by atoms with Crippen LogP contribution in [-0.4, -0.2) is 33.7 Å². The largest absolute Gasteiger partial charge is 0.417 e. The number of alkyl halides is 5. The van der Waals surface area contributed by atoms with Gasteiger partial charge in [0.1, 0.15) is 11.2 Å². The number of fused-ring (bicyclic) bond motifs is 1. The molecular weight excluding hydrogens is 431 g/mol. The van der Waals surface area contributed by atoms with E-state index in [0.29, 0.717) is 19.2 Å². The van der Waals surface area contributed by atoms with Gasteiger partial charge >= 0.3 is 6.18 Å². The second-order valence-electron chi connectivity index (χ2n) is 6.84. The van der Waals surface area contributed by atoms with E-state index in [4.69, 9.17) is 0 Å². The van der Waals surface area contributed by atoms with Gasteiger partial charge < -0.3 is 4.57 Å². The molecule has 0 aliphatic heterocycles. The molecule has 30 heavy (non-hydrogen) atoms. The number of hydrogen-bond acceptors (Lipinski definition) is 5. The molecule has 3 aromatic rings. The van der Waals surface area contributed by atoms with E-state index in [-0.39, 0.29) is 29.1 Å². The van der Waals surface area contributed by atoms with Crippen molar-refractivity contribution in [2.24, 2.45) is 7.05 Å². The Morgan fingerprint density at radius 1 is 1.03 bits per heavy atom. The van der Waals surface area contributed by atoms with Crippen molar-refractivity contribution in [1.82, 2.24) is 19.5 Å². The zero-order valence-corrected chi connectivity index (χ0v) is 16.9. The average molecular weight is 448 g/mol. The van der Waals surface area contributed by atoms with Crippen LogP contribution in [0.15, 0.2) is 29.4 Å². The molecule has 0 bridgehead atoms. The second kappa shape index (κ2) is 7.25. The minimum Gasteiger partial charge on any atom is -0.310 e. The first kappa shape index (κ1) is 22.1. The number of aryl methyl sites for hydroxylation is 1. The molecule has 0 saturated carbocycles. The highest BCUT2D eigenvalue weighted by Gasteiger charge is 2.34. The SMILES string of the molecule is CCCS(=O)(=O)c1cc(C(F)(F)F)cnc1-c1nc2cc(C(C)(F)F)cnc2n1C. The molecule has 3 heterocycles. The van der Waals surface area contributed by atoms with Crippen molar-refractivity contribution >= 4 is 21.0 Å². The summed E-state index contributed by atoms with van der Waals surface area (Å²) in [7, 11) is -2.67. The molecule has 0 atom stereocenters. The van der Waals surface area contributed by atoms with Crippen molar-refractivity contribution < 1.29 is 30.4 Å². The van der Waals surface area contributed by atoms with Gasteiger partial charge in [0.2, 0.25) is 0 Å². The zero-order valence-electron chi connectivity index (χ0n) is 16.1. The van der Waals surface area contributed by atoms with Gasteiger partial charge in [0.15, 0.2) is 21.3 Å². The highest BCUT2D eigenvalue weighted by atomic mass is 32.2. The predicted molar refractivity (Wildman–Crippen MR) is 98.7 cm³/mol. The topological polar surface area (TPSA) is 77.7 Å². The molecule has 0 N–H and O–H groups in total. The summed E-state index contributed by atoms with van der Waals surface area (Å²) in [6.07, 6.45) is -3.14. The molecule has 3 aromatic heterocycles. The van der Waals surface area contributed by atoms with Gasteiger partial charge in [0.25, 0.3) is 5.92 Å². The summed E-state index contributed by atoms with van der Waals surface area (Å²) in [5.41, 5.74) is -1.74. The van der Waals surface area contributed by atoms with Gasteiger partial charge in [0.05, 0.1) is 16.2 Å². The number of sulfone groups is 1. The molecule has 0 aromatic carbocycles. The highest BCUT2D eigenvalue weighted by Crippen LogP contribution is 2.35. The summed E-state index contributed by atoms with van der Waals surface area (Å²) < 4.78 is 93.2. The molecule has 0 amide bonds. The van der Waals surface area contributed by atoms with E-state index < -0.39 is 43.7 Å². The second-order valence-corrected chi connectivity index (χ2v) is 8.91. The lowest BCUT2D eigenvalue weighted by Crippen LogP contribution is -2.14. The Morgan fingerprint density at radius 3 is 2.23 bits per heavy atom. The van der Waals surface area contributed by atoms with Crippen molar-refractivity contribution in [3.05, 3.63) is 35.7 Å². The number of hydrogen-bond donors (Lipinski definition) is 0. The minimum atomic E-state index is -4.79. The number of halogens is 5. The summed E-state index contributed by atoms with van der Waals surface area (Å²) in [4.78, 5) is 11.2. The van der Waals surface area contributed by atoms with Crippen LogP contribution in [-0.2, 0) is 29.0 Å². The van der Waals surface area contributed by atoms with Crippen LogP contribution >= 0.6 is 0 Å².